The summed E-state index contributed by atoms with van der Waals surface area (Å²) in [4.78, 5) is 28.9. The Morgan fingerprint density at radius 2 is 1.85 bits per heavy atom. The lowest BCUT2D eigenvalue weighted by atomic mass is 10.1. The monoisotopic (exact) mass is 369 g/mol. The van der Waals surface area contributed by atoms with Gasteiger partial charge in [0.15, 0.2) is 0 Å². The number of rotatable bonds is 9. The van der Waals surface area contributed by atoms with E-state index in [1.54, 1.807) is 36.7 Å². The molecule has 0 aliphatic carbocycles. The van der Waals surface area contributed by atoms with Crippen LogP contribution in [0.2, 0.25) is 0 Å². The van der Waals surface area contributed by atoms with Crippen LogP contribution in [0.4, 0.5) is 5.69 Å². The van der Waals surface area contributed by atoms with Crippen molar-refractivity contribution < 1.29 is 14.3 Å². The van der Waals surface area contributed by atoms with E-state index in [-0.39, 0.29) is 11.8 Å². The minimum Gasteiger partial charge on any atom is -0.381 e. The van der Waals surface area contributed by atoms with Gasteiger partial charge < -0.3 is 15.4 Å². The van der Waals surface area contributed by atoms with Gasteiger partial charge in [0.05, 0.1) is 11.3 Å². The molecule has 0 bridgehead atoms. The zero-order valence-electron chi connectivity index (χ0n) is 16.1. The molecule has 6 nitrogen and oxygen atoms in total. The molecule has 0 saturated heterocycles. The second-order valence-electron chi connectivity index (χ2n) is 6.77. The number of carbonyl (C=O) groups is 2. The molecule has 0 radical (unpaired) electrons. The van der Waals surface area contributed by atoms with Crippen molar-refractivity contribution in [1.82, 2.24) is 10.3 Å². The fourth-order valence-corrected chi connectivity index (χ4v) is 2.50. The summed E-state index contributed by atoms with van der Waals surface area (Å²) in [5.41, 5.74) is 2.28. The Bertz CT molecular complexity index is 761. The number of anilines is 1. The van der Waals surface area contributed by atoms with Crippen LogP contribution >= 0.6 is 0 Å². The fourth-order valence-electron chi connectivity index (χ4n) is 2.50. The summed E-state index contributed by atoms with van der Waals surface area (Å²) >= 11 is 0. The number of aryl methyl sites for hydroxylation is 1. The topological polar surface area (TPSA) is 80.3 Å². The summed E-state index contributed by atoms with van der Waals surface area (Å²) in [5.74, 6) is 0.00822. The molecule has 0 saturated carbocycles. The number of benzene rings is 1. The van der Waals surface area contributed by atoms with Gasteiger partial charge in [0, 0.05) is 37.7 Å². The van der Waals surface area contributed by atoms with Crippen LogP contribution < -0.4 is 10.6 Å². The average Bonchev–Trinajstić information content (AvgIpc) is 2.66. The first-order chi connectivity index (χ1) is 13.0. The van der Waals surface area contributed by atoms with Gasteiger partial charge in [-0.15, -0.1) is 0 Å². The molecule has 2 N–H and O–H groups in total. The molecule has 2 aromatic rings. The fraction of sp³-hybridized carbons (Fsp3) is 0.381. The predicted octanol–water partition coefficient (Wildman–Crippen LogP) is 3.43. The molecule has 2 rings (SSSR count). The van der Waals surface area contributed by atoms with E-state index in [1.807, 2.05) is 13.0 Å². The lowest BCUT2D eigenvalue weighted by Crippen LogP contribution is -2.27. The Balaban J connectivity index is 1.97. The highest BCUT2D eigenvalue weighted by Gasteiger charge is 2.16. The highest BCUT2D eigenvalue weighted by Crippen LogP contribution is 2.21. The Hall–Kier alpha value is -2.73. The van der Waals surface area contributed by atoms with Crippen molar-refractivity contribution in [3.05, 3.63) is 59.4 Å². The molecule has 0 spiro atoms. The molecule has 0 fully saturated rings. The van der Waals surface area contributed by atoms with E-state index in [9.17, 15) is 9.59 Å². The summed E-state index contributed by atoms with van der Waals surface area (Å²) in [7, 11) is 0. The first-order valence-electron chi connectivity index (χ1n) is 9.16. The van der Waals surface area contributed by atoms with Gasteiger partial charge in [-0.1, -0.05) is 26.0 Å². The molecule has 6 heteroatoms. The van der Waals surface area contributed by atoms with Gasteiger partial charge in [-0.25, -0.2) is 0 Å². The molecule has 0 unspecified atom stereocenters. The van der Waals surface area contributed by atoms with E-state index in [0.717, 1.165) is 18.6 Å². The summed E-state index contributed by atoms with van der Waals surface area (Å²) < 4.78 is 5.51. The molecule has 1 aromatic heterocycles. The lowest BCUT2D eigenvalue weighted by molar-refractivity contribution is 0.0925. The number of carbonyl (C=O) groups excluding carboxylic acids is 2. The number of hydrogen-bond donors (Lipinski definition) is 2. The Morgan fingerprint density at radius 3 is 2.56 bits per heavy atom. The van der Waals surface area contributed by atoms with Crippen LogP contribution in [0.1, 0.15) is 46.5 Å². The van der Waals surface area contributed by atoms with Crippen molar-refractivity contribution in [3.8, 4) is 0 Å². The minimum absolute atomic E-state index is 0.215. The molecule has 0 aliphatic heterocycles. The van der Waals surface area contributed by atoms with Crippen molar-refractivity contribution in [2.24, 2.45) is 5.92 Å². The normalized spacial score (nSPS) is 10.7. The van der Waals surface area contributed by atoms with E-state index in [4.69, 9.17) is 4.74 Å². The van der Waals surface area contributed by atoms with Crippen molar-refractivity contribution >= 4 is 17.5 Å². The molecule has 144 valence electrons. The highest BCUT2D eigenvalue weighted by molar-refractivity contribution is 6.09. The van der Waals surface area contributed by atoms with Crippen LogP contribution in [0, 0.1) is 12.8 Å². The Morgan fingerprint density at radius 1 is 1.11 bits per heavy atom. The predicted molar refractivity (Wildman–Crippen MR) is 106 cm³/mol. The highest BCUT2D eigenvalue weighted by atomic mass is 16.5. The smallest absolute Gasteiger partial charge is 0.255 e. The molecule has 1 heterocycles. The number of hydrogen-bond acceptors (Lipinski definition) is 4. The largest absolute Gasteiger partial charge is 0.381 e. The number of para-hydroxylation sites is 1. The quantitative estimate of drug-likeness (QED) is 0.664. The maximum atomic E-state index is 12.6. The number of nitrogens with one attached hydrogen (secondary N) is 2. The van der Waals surface area contributed by atoms with Crippen molar-refractivity contribution in [3.63, 3.8) is 0 Å². The van der Waals surface area contributed by atoms with Crippen LogP contribution in [0.5, 0.6) is 0 Å². The summed E-state index contributed by atoms with van der Waals surface area (Å²) in [5, 5.41) is 5.73. The van der Waals surface area contributed by atoms with Gasteiger partial charge in [0.1, 0.15) is 0 Å². The summed E-state index contributed by atoms with van der Waals surface area (Å²) in [6, 6.07) is 8.63. The van der Waals surface area contributed by atoms with Gasteiger partial charge in [-0.3, -0.25) is 14.6 Å². The van der Waals surface area contributed by atoms with Gasteiger partial charge in [-0.05, 0) is 43.0 Å². The zero-order chi connectivity index (χ0) is 19.6. The van der Waals surface area contributed by atoms with Crippen LogP contribution in [-0.4, -0.2) is 36.6 Å². The van der Waals surface area contributed by atoms with E-state index in [0.29, 0.717) is 35.9 Å². The standard InChI is InChI=1S/C21H27N3O3/c1-15(2)14-27-13-5-10-23-21(26)18-7-4-6-16(3)19(18)24-20(25)17-8-11-22-12-9-17/h4,6-9,11-12,15H,5,10,13-14H2,1-3H3,(H,23,26)(H,24,25). The van der Waals surface area contributed by atoms with Gasteiger partial charge in [0.25, 0.3) is 11.8 Å². The van der Waals surface area contributed by atoms with E-state index in [2.05, 4.69) is 29.5 Å². The molecule has 2 amide bonds. The van der Waals surface area contributed by atoms with Crippen molar-refractivity contribution in [1.29, 1.82) is 0 Å². The lowest BCUT2D eigenvalue weighted by Gasteiger charge is -2.14. The summed E-state index contributed by atoms with van der Waals surface area (Å²) in [6.45, 7) is 7.90. The van der Waals surface area contributed by atoms with E-state index >= 15 is 0 Å². The van der Waals surface area contributed by atoms with Crippen molar-refractivity contribution in [2.75, 3.05) is 25.1 Å². The number of ether oxygens (including phenoxy) is 1. The van der Waals surface area contributed by atoms with Crippen LogP contribution in [0.3, 0.4) is 0 Å². The second-order valence-corrected chi connectivity index (χ2v) is 6.77. The van der Waals surface area contributed by atoms with Gasteiger partial charge in [-0.2, -0.15) is 0 Å². The molecule has 0 aliphatic rings. The molecule has 27 heavy (non-hydrogen) atoms. The summed E-state index contributed by atoms with van der Waals surface area (Å²) in [6.07, 6.45) is 3.85. The third-order valence-electron chi connectivity index (χ3n) is 3.90. The second kappa shape index (κ2) is 10.4. The van der Waals surface area contributed by atoms with Crippen molar-refractivity contribution in [2.45, 2.75) is 27.2 Å². The molecular formula is C21H27N3O3. The Kier molecular flexibility index (Phi) is 7.95. The number of nitrogens with zero attached hydrogens (tertiary/aromatic N) is 1. The van der Waals surface area contributed by atoms with Gasteiger partial charge >= 0.3 is 0 Å². The Labute approximate surface area is 160 Å². The SMILES string of the molecule is Cc1cccc(C(=O)NCCCOCC(C)C)c1NC(=O)c1ccncc1. The number of amides is 2. The maximum Gasteiger partial charge on any atom is 0.255 e. The van der Waals surface area contributed by atoms with Crippen LogP contribution in [0.25, 0.3) is 0 Å². The minimum atomic E-state index is -0.275. The number of aromatic nitrogens is 1. The molecule has 0 atom stereocenters. The first kappa shape index (κ1) is 20.6. The first-order valence-corrected chi connectivity index (χ1v) is 9.16. The van der Waals surface area contributed by atoms with Crippen LogP contribution in [-0.2, 0) is 4.74 Å². The maximum absolute atomic E-state index is 12.6. The third-order valence-corrected chi connectivity index (χ3v) is 3.90. The molecule has 1 aromatic carbocycles. The van der Waals surface area contributed by atoms with Crippen LogP contribution in [0.15, 0.2) is 42.7 Å². The van der Waals surface area contributed by atoms with E-state index in [1.165, 1.54) is 0 Å². The third kappa shape index (κ3) is 6.49. The average molecular weight is 369 g/mol. The number of pyridine rings is 1. The van der Waals surface area contributed by atoms with Gasteiger partial charge in [0.2, 0.25) is 0 Å². The van der Waals surface area contributed by atoms with E-state index < -0.39 is 0 Å². The zero-order valence-corrected chi connectivity index (χ0v) is 16.1. The molecular weight excluding hydrogens is 342 g/mol.